The Labute approximate surface area is 218 Å². The van der Waals surface area contributed by atoms with E-state index in [0.29, 0.717) is 0 Å². The molecular weight excluding hydrogens is 508 g/mol. The summed E-state index contributed by atoms with van der Waals surface area (Å²) >= 11 is 0. The van der Waals surface area contributed by atoms with Crippen LogP contribution in [-0.4, -0.2) is 100 Å². The Kier molecular flexibility index (Phi) is 13.1. The standard InChI is InChI=1S/C22H36N6O10/c1-10(2)5-14(27-21(37)13-6-11(29)8-24-13)22(38)26-12(3-4-16(23)30)20(36)28-15(7-17(31)32)19(35)25-9-18(33)34/h10-15,24,29H,3-9H2,1-2H3,(H2,23,30)(H,25,35)(H,26,38)(H,27,37)(H,28,36)(H,31,32)(H,33,34)/t11-,12+,13+,14+,15+/m1/s1. The van der Waals surface area contributed by atoms with Crippen LogP contribution in [0.15, 0.2) is 0 Å². The maximum absolute atomic E-state index is 13.1. The Hall–Kier alpha value is -3.79. The van der Waals surface area contributed by atoms with Gasteiger partial charge in [0.2, 0.25) is 29.5 Å². The number of amides is 5. The van der Waals surface area contributed by atoms with Crippen LogP contribution in [0.5, 0.6) is 0 Å². The van der Waals surface area contributed by atoms with Gasteiger partial charge in [0.1, 0.15) is 24.7 Å². The maximum atomic E-state index is 13.1. The predicted molar refractivity (Wildman–Crippen MR) is 129 cm³/mol. The number of aliphatic carboxylic acids is 2. The first-order valence-electron chi connectivity index (χ1n) is 12.0. The SMILES string of the molecule is CC(C)C[C@H](NC(=O)[C@@H]1C[C@@H](O)CN1)C(=O)N[C@@H](CCC(N)=O)C(=O)N[C@@H](CC(=O)O)C(=O)NCC(=O)O. The average Bonchev–Trinajstić information content (AvgIpc) is 3.24. The molecule has 0 radical (unpaired) electrons. The molecule has 0 aliphatic carbocycles. The van der Waals surface area contributed by atoms with Crippen molar-refractivity contribution < 1.29 is 48.9 Å². The summed E-state index contributed by atoms with van der Waals surface area (Å²) < 4.78 is 0. The normalized spacial score (nSPS) is 19.1. The van der Waals surface area contributed by atoms with E-state index in [1.165, 1.54) is 0 Å². The lowest BCUT2D eigenvalue weighted by Crippen LogP contribution is -2.58. The highest BCUT2D eigenvalue weighted by atomic mass is 16.4. The zero-order chi connectivity index (χ0) is 29.0. The molecule has 0 spiro atoms. The topological polar surface area (TPSA) is 266 Å². The zero-order valence-corrected chi connectivity index (χ0v) is 21.2. The van der Waals surface area contributed by atoms with Crippen LogP contribution in [0.1, 0.15) is 46.0 Å². The van der Waals surface area contributed by atoms with Gasteiger partial charge in [-0.25, -0.2) is 0 Å². The van der Waals surface area contributed by atoms with Crippen LogP contribution in [0.3, 0.4) is 0 Å². The van der Waals surface area contributed by atoms with Crippen molar-refractivity contribution in [1.82, 2.24) is 26.6 Å². The number of aliphatic hydroxyl groups excluding tert-OH is 1. The summed E-state index contributed by atoms with van der Waals surface area (Å²) in [5.74, 6) is -7.14. The van der Waals surface area contributed by atoms with Crippen LogP contribution >= 0.6 is 0 Å². The molecule has 16 nitrogen and oxygen atoms in total. The Morgan fingerprint density at radius 2 is 1.50 bits per heavy atom. The number of hydrogen-bond donors (Lipinski definition) is 9. The molecule has 1 heterocycles. The summed E-state index contributed by atoms with van der Waals surface area (Å²) in [6.45, 7) is 2.99. The van der Waals surface area contributed by atoms with Crippen LogP contribution in [0.4, 0.5) is 0 Å². The van der Waals surface area contributed by atoms with E-state index in [1.807, 2.05) is 5.32 Å². The molecule has 1 aliphatic heterocycles. The van der Waals surface area contributed by atoms with E-state index in [0.717, 1.165) is 0 Å². The fraction of sp³-hybridized carbons (Fsp3) is 0.682. The summed E-state index contributed by atoms with van der Waals surface area (Å²) in [4.78, 5) is 84.1. The van der Waals surface area contributed by atoms with Gasteiger partial charge >= 0.3 is 11.9 Å². The Morgan fingerprint density at radius 3 is 2.00 bits per heavy atom. The number of rotatable bonds is 16. The number of nitrogens with one attached hydrogen (secondary N) is 5. The number of hydrogen-bond acceptors (Lipinski definition) is 9. The Bertz CT molecular complexity index is 911. The molecule has 1 fully saturated rings. The second kappa shape index (κ2) is 15.5. The van der Waals surface area contributed by atoms with E-state index in [2.05, 4.69) is 21.3 Å². The molecule has 1 rings (SSSR count). The maximum Gasteiger partial charge on any atom is 0.322 e. The van der Waals surface area contributed by atoms with Gasteiger partial charge in [0.05, 0.1) is 18.6 Å². The van der Waals surface area contributed by atoms with Crippen molar-refractivity contribution in [2.75, 3.05) is 13.1 Å². The molecule has 214 valence electrons. The third-order valence-corrected chi connectivity index (χ3v) is 5.50. The highest BCUT2D eigenvalue weighted by molar-refractivity contribution is 5.96. The van der Waals surface area contributed by atoms with Crippen LogP contribution in [0.25, 0.3) is 0 Å². The Morgan fingerprint density at radius 1 is 0.895 bits per heavy atom. The van der Waals surface area contributed by atoms with E-state index in [9.17, 15) is 38.7 Å². The highest BCUT2D eigenvalue weighted by Crippen LogP contribution is 2.11. The molecule has 0 aromatic carbocycles. The summed E-state index contributed by atoms with van der Waals surface area (Å²) in [6, 6.07) is -4.95. The number of nitrogens with two attached hydrogens (primary N) is 1. The molecule has 0 aromatic heterocycles. The number of carboxylic acid groups (broad SMARTS) is 2. The molecule has 0 saturated carbocycles. The first kappa shape index (κ1) is 32.2. The van der Waals surface area contributed by atoms with E-state index in [-0.39, 0.29) is 38.1 Å². The zero-order valence-electron chi connectivity index (χ0n) is 21.2. The number of carbonyl (C=O) groups is 7. The van der Waals surface area contributed by atoms with Gasteiger partial charge in [0, 0.05) is 13.0 Å². The van der Waals surface area contributed by atoms with E-state index < -0.39 is 84.7 Å². The van der Waals surface area contributed by atoms with E-state index in [4.69, 9.17) is 15.9 Å². The molecule has 0 unspecified atom stereocenters. The molecule has 38 heavy (non-hydrogen) atoms. The predicted octanol–water partition coefficient (Wildman–Crippen LogP) is -3.85. The van der Waals surface area contributed by atoms with Crippen LogP contribution in [0, 0.1) is 5.92 Å². The second-order valence-corrected chi connectivity index (χ2v) is 9.38. The van der Waals surface area contributed by atoms with Crippen molar-refractivity contribution in [3.05, 3.63) is 0 Å². The van der Waals surface area contributed by atoms with Crippen LogP contribution in [0.2, 0.25) is 0 Å². The summed E-state index contributed by atoms with van der Waals surface area (Å²) in [5.41, 5.74) is 5.16. The summed E-state index contributed by atoms with van der Waals surface area (Å²) in [5, 5.41) is 39.4. The van der Waals surface area contributed by atoms with Crippen LogP contribution < -0.4 is 32.3 Å². The average molecular weight is 545 g/mol. The third-order valence-electron chi connectivity index (χ3n) is 5.50. The molecule has 0 aromatic rings. The lowest BCUT2D eigenvalue weighted by Gasteiger charge is -2.26. The van der Waals surface area contributed by atoms with Crippen LogP contribution in [-0.2, 0) is 33.6 Å². The van der Waals surface area contributed by atoms with Gasteiger partial charge in [-0.2, -0.15) is 0 Å². The monoisotopic (exact) mass is 544 g/mol. The van der Waals surface area contributed by atoms with Crippen molar-refractivity contribution in [3.63, 3.8) is 0 Å². The minimum absolute atomic E-state index is 0.0658. The largest absolute Gasteiger partial charge is 0.481 e. The molecular formula is C22H36N6O10. The molecule has 5 amide bonds. The number of carbonyl (C=O) groups excluding carboxylic acids is 5. The highest BCUT2D eigenvalue weighted by Gasteiger charge is 2.34. The van der Waals surface area contributed by atoms with E-state index >= 15 is 0 Å². The number of aliphatic hydroxyl groups is 1. The lowest BCUT2D eigenvalue weighted by molar-refractivity contribution is -0.141. The number of β-amino-alcohol motifs (C(OH)–C–C–N with tert-alkyl or cyclic N) is 1. The molecule has 10 N–H and O–H groups in total. The first-order chi connectivity index (χ1) is 17.7. The minimum atomic E-state index is -1.68. The quantitative estimate of drug-likeness (QED) is 0.0907. The van der Waals surface area contributed by atoms with Gasteiger partial charge in [-0.3, -0.25) is 33.6 Å². The molecule has 16 heteroatoms. The van der Waals surface area contributed by atoms with Gasteiger partial charge in [0.25, 0.3) is 0 Å². The van der Waals surface area contributed by atoms with Crippen molar-refractivity contribution in [3.8, 4) is 0 Å². The molecule has 1 saturated heterocycles. The van der Waals surface area contributed by atoms with Crippen molar-refractivity contribution in [1.29, 1.82) is 0 Å². The van der Waals surface area contributed by atoms with E-state index in [1.54, 1.807) is 13.8 Å². The van der Waals surface area contributed by atoms with Gasteiger partial charge in [-0.15, -0.1) is 0 Å². The fourth-order valence-electron chi connectivity index (χ4n) is 3.66. The Balaban J connectivity index is 3.03. The second-order valence-electron chi connectivity index (χ2n) is 9.38. The van der Waals surface area contributed by atoms with Crippen molar-refractivity contribution >= 4 is 41.5 Å². The third kappa shape index (κ3) is 12.0. The number of carboxylic acids is 2. The van der Waals surface area contributed by atoms with Gasteiger partial charge in [-0.1, -0.05) is 13.8 Å². The minimum Gasteiger partial charge on any atom is -0.481 e. The number of primary amides is 1. The summed E-state index contributed by atoms with van der Waals surface area (Å²) in [7, 11) is 0. The lowest BCUT2D eigenvalue weighted by atomic mass is 10.0. The van der Waals surface area contributed by atoms with Gasteiger partial charge < -0.3 is 47.6 Å². The van der Waals surface area contributed by atoms with Gasteiger partial charge in [-0.05, 0) is 25.2 Å². The summed E-state index contributed by atoms with van der Waals surface area (Å²) in [6.07, 6.45) is -1.92. The molecule has 0 bridgehead atoms. The van der Waals surface area contributed by atoms with Gasteiger partial charge in [0.15, 0.2) is 0 Å². The smallest absolute Gasteiger partial charge is 0.322 e. The molecule has 5 atom stereocenters. The van der Waals surface area contributed by atoms with Crippen molar-refractivity contribution in [2.45, 2.75) is 76.2 Å². The first-order valence-corrected chi connectivity index (χ1v) is 12.0. The van der Waals surface area contributed by atoms with Crippen molar-refractivity contribution in [2.24, 2.45) is 11.7 Å². The molecule has 1 aliphatic rings. The fourth-order valence-corrected chi connectivity index (χ4v) is 3.66.